The zero-order valence-corrected chi connectivity index (χ0v) is 36.0. The summed E-state index contributed by atoms with van der Waals surface area (Å²) in [4.78, 5) is 0. The molecule has 4 aliphatic carbocycles. The molecule has 0 heterocycles. The van der Waals surface area contributed by atoms with Crippen LogP contribution in [0.25, 0.3) is 0 Å². The Morgan fingerprint density at radius 3 is 2.00 bits per heavy atom. The van der Waals surface area contributed by atoms with Crippen LogP contribution in [-0.4, -0.2) is 29.3 Å². The van der Waals surface area contributed by atoms with Gasteiger partial charge in [0.05, 0.1) is 6.61 Å². The van der Waals surface area contributed by atoms with Gasteiger partial charge in [-0.2, -0.15) is 0 Å². The molecule has 0 aromatic heterocycles. The molecule has 0 bridgehead atoms. The maximum absolute atomic E-state index is 7.72. The zero-order chi connectivity index (χ0) is 35.5. The van der Waals surface area contributed by atoms with Crippen LogP contribution in [0.4, 0.5) is 0 Å². The van der Waals surface area contributed by atoms with Gasteiger partial charge in [0.25, 0.3) is 8.32 Å². The molecular formula is C44H65BrO2Si2. The normalized spacial score (nSPS) is 32.6. The van der Waals surface area contributed by atoms with Crippen molar-refractivity contribution in [2.24, 2.45) is 34.5 Å². The Bertz CT molecular complexity index is 1480. The predicted octanol–water partition coefficient (Wildman–Crippen LogP) is 11.8. The van der Waals surface area contributed by atoms with Crippen molar-refractivity contribution < 1.29 is 8.85 Å². The zero-order valence-electron chi connectivity index (χ0n) is 32.4. The number of allylic oxidation sites excluding steroid dienone is 2. The maximum Gasteiger partial charge on any atom is 0.261 e. The van der Waals surface area contributed by atoms with Crippen molar-refractivity contribution in [2.45, 2.75) is 136 Å². The summed E-state index contributed by atoms with van der Waals surface area (Å²) in [6.07, 6.45) is 15.8. The molecule has 268 valence electrons. The molecule has 2 aromatic rings. The monoisotopic (exact) mass is 760 g/mol. The molecule has 3 fully saturated rings. The van der Waals surface area contributed by atoms with E-state index >= 15 is 0 Å². The van der Waals surface area contributed by atoms with Crippen molar-refractivity contribution in [3.63, 3.8) is 0 Å². The van der Waals surface area contributed by atoms with Gasteiger partial charge in [-0.25, -0.2) is 0 Å². The SMILES string of the molecule is CC(C)(C)[Si](C)(C)OC/C(Br)=C\[C@H]1CC[C@H]2[C@@H]3CC=C4C[C@@H](O[Si](c5ccccc5)(c5ccccc5)C(C)(C)C)CC[C@]4(C)[C@H]3CC[C@]12C. The maximum atomic E-state index is 7.72. The van der Waals surface area contributed by atoms with E-state index in [2.05, 4.69) is 157 Å². The van der Waals surface area contributed by atoms with E-state index in [1.54, 1.807) is 5.57 Å². The first-order valence-corrected chi connectivity index (χ1v) is 25.0. The molecular weight excluding hydrogens is 697 g/mol. The summed E-state index contributed by atoms with van der Waals surface area (Å²) >= 11 is 3.98. The molecule has 0 saturated heterocycles. The molecule has 2 nitrogen and oxygen atoms in total. The number of halogens is 1. The van der Waals surface area contributed by atoms with Crippen molar-refractivity contribution in [3.8, 4) is 0 Å². The Labute approximate surface area is 310 Å². The van der Waals surface area contributed by atoms with E-state index < -0.39 is 16.6 Å². The smallest absolute Gasteiger partial charge is 0.261 e. The van der Waals surface area contributed by atoms with Crippen LogP contribution < -0.4 is 10.4 Å². The van der Waals surface area contributed by atoms with E-state index in [1.165, 1.54) is 53.4 Å². The van der Waals surface area contributed by atoms with Gasteiger partial charge >= 0.3 is 0 Å². The van der Waals surface area contributed by atoms with Crippen LogP contribution >= 0.6 is 15.9 Å². The number of hydrogen-bond acceptors (Lipinski definition) is 2. The van der Waals surface area contributed by atoms with E-state index in [9.17, 15) is 0 Å². The Kier molecular flexibility index (Phi) is 10.4. The summed E-state index contributed by atoms with van der Waals surface area (Å²) in [6.45, 7) is 25.0. The van der Waals surface area contributed by atoms with Crippen LogP contribution in [0, 0.1) is 34.5 Å². The third-order valence-electron chi connectivity index (χ3n) is 14.7. The highest BCUT2D eigenvalue weighted by atomic mass is 79.9. The van der Waals surface area contributed by atoms with E-state index in [0.717, 1.165) is 37.2 Å². The molecule has 0 N–H and O–H groups in total. The molecule has 6 rings (SSSR count). The lowest BCUT2D eigenvalue weighted by Crippen LogP contribution is -2.68. The second-order valence-corrected chi connectivity index (χ2v) is 29.4. The molecule has 7 atom stereocenters. The van der Waals surface area contributed by atoms with Gasteiger partial charge in [-0.3, -0.25) is 0 Å². The number of fused-ring (bicyclic) bond motifs is 5. The Morgan fingerprint density at radius 1 is 0.816 bits per heavy atom. The fourth-order valence-electron chi connectivity index (χ4n) is 10.7. The van der Waals surface area contributed by atoms with E-state index in [0.29, 0.717) is 16.7 Å². The van der Waals surface area contributed by atoms with Crippen LogP contribution in [0.3, 0.4) is 0 Å². The van der Waals surface area contributed by atoms with Gasteiger partial charge in [-0.1, -0.05) is 150 Å². The molecule has 0 aliphatic heterocycles. The highest BCUT2D eigenvalue weighted by Gasteiger charge is 2.59. The Balaban J connectivity index is 1.21. The summed E-state index contributed by atoms with van der Waals surface area (Å²) in [5, 5.41) is 3.04. The minimum absolute atomic E-state index is 0.00956. The standard InChI is InChI=1S/C44H65BrO2Si2/c1-41(2,3)48(9,10)46-31-34(45)29-32-22-24-39-38-23-21-33-30-35(25-27-43(33,7)40(38)26-28-44(32,39)8)47-49(42(4,5)6,36-17-13-11-14-18-36)37-19-15-12-16-20-37/h11-21,29,32,35,38-40H,22-28,30-31H2,1-10H3/b34-29+/t32-,35+,38+,39+,40+,43+,44-/m1/s1. The second-order valence-electron chi connectivity index (χ2n) is 19.3. The van der Waals surface area contributed by atoms with Gasteiger partial charge in [0.1, 0.15) is 0 Å². The van der Waals surface area contributed by atoms with Gasteiger partial charge in [0.2, 0.25) is 0 Å². The van der Waals surface area contributed by atoms with Crippen molar-refractivity contribution in [1.29, 1.82) is 0 Å². The molecule has 0 unspecified atom stereocenters. The lowest BCUT2D eigenvalue weighted by Gasteiger charge is -2.58. The van der Waals surface area contributed by atoms with E-state index in [-0.39, 0.29) is 16.2 Å². The first-order valence-electron chi connectivity index (χ1n) is 19.4. The van der Waals surface area contributed by atoms with Crippen molar-refractivity contribution >= 4 is 42.9 Å². The van der Waals surface area contributed by atoms with E-state index in [4.69, 9.17) is 8.85 Å². The van der Waals surface area contributed by atoms with Crippen LogP contribution in [0.1, 0.15) is 107 Å². The second kappa shape index (κ2) is 13.6. The molecule has 0 amide bonds. The molecule has 0 radical (unpaired) electrons. The molecule has 5 heteroatoms. The summed E-state index contributed by atoms with van der Waals surface area (Å²) in [7, 11) is -4.34. The summed E-state index contributed by atoms with van der Waals surface area (Å²) in [6, 6.07) is 22.5. The quantitative estimate of drug-likeness (QED) is 0.197. The third-order valence-corrected chi connectivity index (χ3v) is 24.7. The van der Waals surface area contributed by atoms with Gasteiger partial charge in [-0.15, -0.1) is 0 Å². The average Bonchev–Trinajstić information content (AvgIpc) is 3.38. The lowest BCUT2D eigenvalue weighted by atomic mass is 9.47. The minimum atomic E-state index is -2.57. The van der Waals surface area contributed by atoms with Gasteiger partial charge in [0, 0.05) is 10.6 Å². The summed E-state index contributed by atoms with van der Waals surface area (Å²) in [5.74, 6) is 3.06. The average molecular weight is 762 g/mol. The van der Waals surface area contributed by atoms with Crippen LogP contribution in [0.2, 0.25) is 23.2 Å². The van der Waals surface area contributed by atoms with Gasteiger partial charge in [-0.05, 0) is 119 Å². The van der Waals surface area contributed by atoms with Crippen LogP contribution in [0.5, 0.6) is 0 Å². The van der Waals surface area contributed by atoms with E-state index in [1.807, 2.05) is 0 Å². The third kappa shape index (κ3) is 6.75. The Hall–Kier alpha value is -1.25. The molecule has 3 saturated carbocycles. The van der Waals surface area contributed by atoms with Crippen LogP contribution in [0.15, 0.2) is 82.9 Å². The first-order chi connectivity index (χ1) is 22.9. The summed E-state index contributed by atoms with van der Waals surface area (Å²) < 4.78 is 15.6. The van der Waals surface area contributed by atoms with Crippen LogP contribution in [-0.2, 0) is 8.85 Å². The predicted molar refractivity (Wildman–Crippen MR) is 218 cm³/mol. The van der Waals surface area contributed by atoms with Gasteiger partial charge < -0.3 is 8.85 Å². The molecule has 4 aliphatic rings. The molecule has 49 heavy (non-hydrogen) atoms. The first kappa shape index (κ1) is 37.5. The number of rotatable bonds is 8. The fourth-order valence-corrected chi connectivity index (χ4v) is 17.0. The highest BCUT2D eigenvalue weighted by Crippen LogP contribution is 2.66. The van der Waals surface area contributed by atoms with Crippen molar-refractivity contribution in [3.05, 3.63) is 82.9 Å². The number of benzene rings is 2. The topological polar surface area (TPSA) is 18.5 Å². The summed E-state index contributed by atoms with van der Waals surface area (Å²) in [5.41, 5.74) is 2.41. The van der Waals surface area contributed by atoms with Gasteiger partial charge in [0.15, 0.2) is 8.32 Å². The largest absolute Gasteiger partial charge is 0.412 e. The molecule has 0 spiro atoms. The number of hydrogen-bond donors (Lipinski definition) is 0. The lowest BCUT2D eigenvalue weighted by molar-refractivity contribution is -0.0430. The Morgan fingerprint density at radius 2 is 1.43 bits per heavy atom. The minimum Gasteiger partial charge on any atom is -0.412 e. The highest BCUT2D eigenvalue weighted by molar-refractivity contribution is 9.11. The van der Waals surface area contributed by atoms with Crippen molar-refractivity contribution in [2.75, 3.05) is 6.61 Å². The van der Waals surface area contributed by atoms with Crippen molar-refractivity contribution in [1.82, 2.24) is 0 Å². The molecule has 2 aromatic carbocycles. The fraction of sp³-hybridized carbons (Fsp3) is 0.636.